The summed E-state index contributed by atoms with van der Waals surface area (Å²) in [6.07, 6.45) is 3.14. The van der Waals surface area contributed by atoms with E-state index in [1.807, 2.05) is 24.9 Å². The van der Waals surface area contributed by atoms with Crippen LogP contribution < -0.4 is 10.5 Å². The molecule has 2 aromatic heterocycles. The molecule has 0 fully saturated rings. The second-order valence-electron chi connectivity index (χ2n) is 6.96. The predicted molar refractivity (Wildman–Crippen MR) is 114 cm³/mol. The van der Waals surface area contributed by atoms with Crippen LogP contribution in [0.3, 0.4) is 0 Å². The van der Waals surface area contributed by atoms with E-state index in [1.54, 1.807) is 28.8 Å². The Balaban J connectivity index is 1.63. The number of aromatic nitrogens is 4. The molecule has 1 atom stereocenters. The van der Waals surface area contributed by atoms with Crippen LogP contribution in [-0.4, -0.2) is 52.3 Å². The number of rotatable bonds is 10. The maximum absolute atomic E-state index is 12.4. The first-order valence-corrected chi connectivity index (χ1v) is 10.0. The van der Waals surface area contributed by atoms with Gasteiger partial charge < -0.3 is 14.4 Å². The molecule has 160 valence electrons. The summed E-state index contributed by atoms with van der Waals surface area (Å²) in [5.41, 5.74) is 0.912. The number of hydrogen-bond acceptors (Lipinski definition) is 7. The number of unbranched alkanes of at least 4 members (excludes halogenated alkanes) is 1. The van der Waals surface area contributed by atoms with Crippen LogP contribution in [0.25, 0.3) is 11.2 Å². The largest absolute Gasteiger partial charge is 0.460 e. The van der Waals surface area contributed by atoms with Crippen molar-refractivity contribution in [3.8, 4) is 0 Å². The Labute approximate surface area is 174 Å². The molecule has 0 amide bonds. The Bertz CT molecular complexity index is 1030. The van der Waals surface area contributed by atoms with E-state index in [9.17, 15) is 9.59 Å². The van der Waals surface area contributed by atoms with E-state index >= 15 is 0 Å². The topological polar surface area (TPSA) is 102 Å². The normalized spacial score (nSPS) is 12.1. The summed E-state index contributed by atoms with van der Waals surface area (Å²) >= 11 is 0. The second-order valence-corrected chi connectivity index (χ2v) is 6.96. The van der Waals surface area contributed by atoms with Crippen molar-refractivity contribution in [1.29, 1.82) is 0 Å². The quantitative estimate of drug-likeness (QED) is 0.403. The minimum absolute atomic E-state index is 0.115. The van der Waals surface area contributed by atoms with Gasteiger partial charge in [0.05, 0.1) is 18.5 Å². The van der Waals surface area contributed by atoms with Crippen LogP contribution in [0, 0.1) is 0 Å². The van der Waals surface area contributed by atoms with E-state index in [0.29, 0.717) is 17.2 Å². The lowest BCUT2D eigenvalue weighted by Gasteiger charge is -2.18. The summed E-state index contributed by atoms with van der Waals surface area (Å²) < 4.78 is 12.7. The number of carbonyl (C=O) groups excluding carboxylic acids is 1. The van der Waals surface area contributed by atoms with Gasteiger partial charge in [0.2, 0.25) is 5.95 Å². The van der Waals surface area contributed by atoms with Crippen LogP contribution >= 0.6 is 0 Å². The molecule has 0 aliphatic heterocycles. The minimum atomic E-state index is -0.437. The van der Waals surface area contributed by atoms with Gasteiger partial charge in [-0.05, 0) is 25.5 Å². The van der Waals surface area contributed by atoms with Crippen molar-refractivity contribution in [3.63, 3.8) is 0 Å². The lowest BCUT2D eigenvalue weighted by atomic mass is 10.2. The van der Waals surface area contributed by atoms with E-state index < -0.39 is 12.2 Å². The molecule has 0 aliphatic rings. The van der Waals surface area contributed by atoms with Gasteiger partial charge in [-0.3, -0.25) is 14.3 Å². The number of nitrogens with one attached hydrogen (secondary N) is 1. The van der Waals surface area contributed by atoms with Gasteiger partial charge >= 0.3 is 5.97 Å². The smallest absolute Gasteiger partial charge is 0.338 e. The van der Waals surface area contributed by atoms with Crippen molar-refractivity contribution in [2.45, 2.75) is 32.9 Å². The van der Waals surface area contributed by atoms with Gasteiger partial charge in [0, 0.05) is 13.6 Å². The van der Waals surface area contributed by atoms with Crippen LogP contribution in [0.1, 0.15) is 43.3 Å². The molecule has 0 unspecified atom stereocenters. The zero-order valence-corrected chi connectivity index (χ0v) is 17.5. The Morgan fingerprint density at radius 1 is 1.27 bits per heavy atom. The molecule has 30 heavy (non-hydrogen) atoms. The Hall–Kier alpha value is -3.20. The first-order valence-electron chi connectivity index (χ1n) is 10.0. The number of nitrogens with zero attached hydrogens (tertiary/aromatic N) is 4. The Morgan fingerprint density at radius 2 is 2.03 bits per heavy atom. The number of imidazole rings is 1. The van der Waals surface area contributed by atoms with Crippen molar-refractivity contribution >= 4 is 23.1 Å². The van der Waals surface area contributed by atoms with Gasteiger partial charge in [-0.15, -0.1) is 0 Å². The third-order valence-electron chi connectivity index (χ3n) is 4.71. The molecule has 0 radical (unpaired) electrons. The highest BCUT2D eigenvalue weighted by Crippen LogP contribution is 2.16. The van der Waals surface area contributed by atoms with Gasteiger partial charge in [0.1, 0.15) is 12.8 Å². The van der Waals surface area contributed by atoms with Crippen molar-refractivity contribution in [2.75, 3.05) is 31.7 Å². The Morgan fingerprint density at radius 3 is 2.77 bits per heavy atom. The number of anilines is 1. The molecule has 1 aromatic carbocycles. The van der Waals surface area contributed by atoms with E-state index in [0.717, 1.165) is 19.4 Å². The molecule has 0 saturated heterocycles. The molecule has 3 aromatic rings. The highest BCUT2D eigenvalue weighted by molar-refractivity contribution is 5.89. The van der Waals surface area contributed by atoms with Gasteiger partial charge in [-0.1, -0.05) is 31.5 Å². The number of carbonyl (C=O) groups is 1. The highest BCUT2D eigenvalue weighted by atomic mass is 16.6. The van der Waals surface area contributed by atoms with Gasteiger partial charge in [-0.25, -0.2) is 9.78 Å². The average molecular weight is 413 g/mol. The molecule has 3 rings (SSSR count). The van der Waals surface area contributed by atoms with Crippen molar-refractivity contribution in [3.05, 3.63) is 52.6 Å². The molecule has 9 heteroatoms. The van der Waals surface area contributed by atoms with Crippen molar-refractivity contribution in [1.82, 2.24) is 19.5 Å². The summed E-state index contributed by atoms with van der Waals surface area (Å²) in [6.45, 7) is 5.04. The van der Waals surface area contributed by atoms with Crippen LogP contribution in [0.2, 0.25) is 0 Å². The van der Waals surface area contributed by atoms with E-state index in [2.05, 4.69) is 21.9 Å². The molecule has 2 heterocycles. The predicted octanol–water partition coefficient (Wildman–Crippen LogP) is 2.75. The molecular weight excluding hydrogens is 386 g/mol. The van der Waals surface area contributed by atoms with E-state index in [4.69, 9.17) is 9.47 Å². The first kappa shape index (κ1) is 21.5. The number of ether oxygens (including phenoxy) is 2. The van der Waals surface area contributed by atoms with Gasteiger partial charge in [0.25, 0.3) is 5.56 Å². The highest BCUT2D eigenvalue weighted by Gasteiger charge is 2.16. The minimum Gasteiger partial charge on any atom is -0.460 e. The summed E-state index contributed by atoms with van der Waals surface area (Å²) in [6, 6.07) is 8.79. The molecule has 1 N–H and O–H groups in total. The Kier molecular flexibility index (Phi) is 7.18. The molecule has 0 saturated carbocycles. The maximum Gasteiger partial charge on any atom is 0.338 e. The van der Waals surface area contributed by atoms with Crippen molar-refractivity contribution in [2.24, 2.45) is 0 Å². The van der Waals surface area contributed by atoms with Crippen molar-refractivity contribution < 1.29 is 14.3 Å². The van der Waals surface area contributed by atoms with Gasteiger partial charge in [0.15, 0.2) is 11.2 Å². The number of aromatic amines is 1. The zero-order chi connectivity index (χ0) is 21.5. The first-order chi connectivity index (χ1) is 14.5. The molecule has 9 nitrogen and oxygen atoms in total. The number of hydrogen-bond donors (Lipinski definition) is 1. The lowest BCUT2D eigenvalue weighted by Crippen LogP contribution is -2.24. The fraction of sp³-hybridized carbons (Fsp3) is 0.429. The standard InChI is InChI=1S/C21H27N5O4/c1-4-5-11-25(3)21-23-18-17(19(27)24-21)22-14-26(18)15(2)29-12-13-30-20(28)16-9-7-6-8-10-16/h6-10,14-15H,4-5,11-13H2,1-3H3,(H,23,24,27)/t15-/m1/s1. The summed E-state index contributed by atoms with van der Waals surface area (Å²) in [5.74, 6) is 0.0968. The SMILES string of the molecule is CCCCN(C)c1nc2c(ncn2[C@@H](C)OCCOC(=O)c2ccccc2)c(=O)[nH]1. The summed E-state index contributed by atoms with van der Waals surface area (Å²) in [7, 11) is 1.89. The third-order valence-corrected chi connectivity index (χ3v) is 4.71. The lowest BCUT2D eigenvalue weighted by molar-refractivity contribution is -0.0127. The van der Waals surface area contributed by atoms with E-state index in [-0.39, 0.29) is 24.3 Å². The number of esters is 1. The average Bonchev–Trinajstić information content (AvgIpc) is 3.20. The molecule has 0 bridgehead atoms. The van der Waals surface area contributed by atoms with Gasteiger partial charge in [-0.2, -0.15) is 4.98 Å². The molecule has 0 spiro atoms. The number of H-pyrrole nitrogens is 1. The monoisotopic (exact) mass is 413 g/mol. The summed E-state index contributed by atoms with van der Waals surface area (Å²) in [4.78, 5) is 37.8. The van der Waals surface area contributed by atoms with E-state index in [1.165, 1.54) is 6.33 Å². The fourth-order valence-corrected chi connectivity index (χ4v) is 2.95. The van der Waals surface area contributed by atoms with Crippen LogP contribution in [-0.2, 0) is 9.47 Å². The van der Waals surface area contributed by atoms with Crippen LogP contribution in [0.5, 0.6) is 0 Å². The molecular formula is C21H27N5O4. The van der Waals surface area contributed by atoms with Crippen LogP contribution in [0.15, 0.2) is 41.5 Å². The number of benzene rings is 1. The fourth-order valence-electron chi connectivity index (χ4n) is 2.95. The zero-order valence-electron chi connectivity index (χ0n) is 17.5. The maximum atomic E-state index is 12.4. The molecule has 0 aliphatic carbocycles. The number of fused-ring (bicyclic) bond motifs is 1. The summed E-state index contributed by atoms with van der Waals surface area (Å²) in [5, 5.41) is 0. The second kappa shape index (κ2) is 10.0. The third kappa shape index (κ3) is 5.04. The van der Waals surface area contributed by atoms with Crippen LogP contribution in [0.4, 0.5) is 5.95 Å².